The molecule has 2 unspecified atom stereocenters. The first-order chi connectivity index (χ1) is 19.5. The smallest absolute Gasteiger partial charge is 0.257 e. The maximum absolute atomic E-state index is 14.1. The summed E-state index contributed by atoms with van der Waals surface area (Å²) >= 11 is 0. The maximum atomic E-state index is 14.1. The van der Waals surface area contributed by atoms with Crippen molar-refractivity contribution in [1.29, 1.82) is 0 Å². The summed E-state index contributed by atoms with van der Waals surface area (Å²) in [6.45, 7) is 9.80. The molecule has 0 saturated carbocycles. The van der Waals surface area contributed by atoms with E-state index in [9.17, 15) is 13.3 Å². The molecule has 7 heteroatoms. The predicted octanol–water partition coefficient (Wildman–Crippen LogP) is 5.56. The van der Waals surface area contributed by atoms with E-state index < -0.39 is 42.2 Å². The summed E-state index contributed by atoms with van der Waals surface area (Å²) in [5.74, 6) is -2.52. The van der Waals surface area contributed by atoms with Crippen LogP contribution in [0.5, 0.6) is 0 Å². The average molecular weight is 502 g/mol. The quantitative estimate of drug-likeness (QED) is 0.468. The van der Waals surface area contributed by atoms with Gasteiger partial charge in [-0.3, -0.25) is 14.3 Å². The van der Waals surface area contributed by atoms with E-state index in [2.05, 4.69) is 25.9 Å². The van der Waals surface area contributed by atoms with Crippen molar-refractivity contribution in [3.05, 3.63) is 56.6 Å². The minimum Gasteiger partial charge on any atom is -0.356 e. The number of piperidine rings is 1. The molecular weight excluding hydrogens is 455 g/mol. The largest absolute Gasteiger partial charge is 0.356 e. The third-order valence-electron chi connectivity index (χ3n) is 7.92. The zero-order chi connectivity index (χ0) is 32.3. The van der Waals surface area contributed by atoms with Crippen molar-refractivity contribution in [2.75, 3.05) is 13.0 Å². The topological polar surface area (TPSA) is 64.2 Å². The summed E-state index contributed by atoms with van der Waals surface area (Å²) in [6.07, 6.45) is -5.31. The van der Waals surface area contributed by atoms with Crippen molar-refractivity contribution in [1.82, 2.24) is 19.6 Å². The van der Waals surface area contributed by atoms with Gasteiger partial charge in [-0.1, -0.05) is 25.9 Å². The highest BCUT2D eigenvalue weighted by atomic mass is 19.1. The molecule has 0 N–H and O–H groups in total. The minimum absolute atomic E-state index is 0.000690. The van der Waals surface area contributed by atoms with E-state index in [-0.39, 0.29) is 40.5 Å². The van der Waals surface area contributed by atoms with Gasteiger partial charge in [0.2, 0.25) is 0 Å². The van der Waals surface area contributed by atoms with E-state index in [0.717, 1.165) is 17.0 Å². The number of likely N-dealkylation sites (tertiary alicyclic amines) is 1. The molecular formula is C29H39FN4O2. The van der Waals surface area contributed by atoms with Crippen molar-refractivity contribution >= 4 is 11.0 Å². The fraction of sp³-hybridized carbons (Fsp3) is 0.621. The second-order valence-electron chi connectivity index (χ2n) is 11.4. The molecule has 6 nitrogen and oxygen atoms in total. The Morgan fingerprint density at radius 3 is 2.78 bits per heavy atom. The first-order valence-electron chi connectivity index (χ1n) is 16.0. The first kappa shape index (κ1) is 17.8. The lowest BCUT2D eigenvalue weighted by molar-refractivity contribution is 0.0652. The van der Waals surface area contributed by atoms with Gasteiger partial charge in [0, 0.05) is 63.2 Å². The van der Waals surface area contributed by atoms with Crippen molar-refractivity contribution in [3.63, 3.8) is 0 Å². The van der Waals surface area contributed by atoms with Crippen LogP contribution < -0.4 is 5.56 Å². The van der Waals surface area contributed by atoms with Gasteiger partial charge >= 0.3 is 0 Å². The highest BCUT2D eigenvalue weighted by molar-refractivity contribution is 5.83. The molecule has 0 amide bonds. The standard InChI is InChI=1S/C29H39FN4O2/c1-17-12-21(30)14-23-25(17)26(32-36-23)20-8-10-33(29(6,7)15-20)11-9-22-19(3)31-24-13-18(2)28(4,5)16-34(24)27(22)35/h12,14,18,20H,8-11,13,15-16H2,1-7H3/i8D2,10D2,15D2,20D. The van der Waals surface area contributed by atoms with Crippen LogP contribution >= 0.6 is 0 Å². The van der Waals surface area contributed by atoms with E-state index in [1.165, 1.54) is 20.8 Å². The lowest BCUT2D eigenvalue weighted by Crippen LogP contribution is -2.50. The molecule has 5 rings (SSSR count). The Morgan fingerprint density at radius 2 is 2.03 bits per heavy atom. The molecule has 36 heavy (non-hydrogen) atoms. The van der Waals surface area contributed by atoms with E-state index in [4.69, 9.17) is 15.0 Å². The Morgan fingerprint density at radius 1 is 1.28 bits per heavy atom. The maximum Gasteiger partial charge on any atom is 0.257 e. The van der Waals surface area contributed by atoms with E-state index in [1.54, 1.807) is 11.5 Å². The molecule has 2 aromatic heterocycles. The van der Waals surface area contributed by atoms with Gasteiger partial charge in [0.05, 0.1) is 5.69 Å². The molecule has 2 aliphatic rings. The van der Waals surface area contributed by atoms with Gasteiger partial charge in [-0.2, -0.15) is 0 Å². The van der Waals surface area contributed by atoms with Crippen LogP contribution in [0.15, 0.2) is 21.5 Å². The van der Waals surface area contributed by atoms with E-state index >= 15 is 0 Å². The molecule has 4 heterocycles. The zero-order valence-corrected chi connectivity index (χ0v) is 22.0. The van der Waals surface area contributed by atoms with Gasteiger partial charge in [0.25, 0.3) is 5.56 Å². The van der Waals surface area contributed by atoms with Gasteiger partial charge < -0.3 is 4.52 Å². The Kier molecular flexibility index (Phi) is 4.35. The molecule has 1 fully saturated rings. The Bertz CT molecular complexity index is 1650. The van der Waals surface area contributed by atoms with Gasteiger partial charge in [0.15, 0.2) is 5.58 Å². The van der Waals surface area contributed by atoms with Crippen LogP contribution in [0.4, 0.5) is 4.39 Å². The molecule has 3 aromatic rings. The molecule has 2 atom stereocenters. The van der Waals surface area contributed by atoms with Crippen molar-refractivity contribution in [2.45, 2.75) is 92.0 Å². The van der Waals surface area contributed by atoms with Gasteiger partial charge in [-0.15, -0.1) is 0 Å². The number of halogens is 1. The fourth-order valence-electron chi connectivity index (χ4n) is 5.22. The summed E-state index contributed by atoms with van der Waals surface area (Å²) in [7, 11) is 0. The van der Waals surface area contributed by atoms with Gasteiger partial charge in [0.1, 0.15) is 11.6 Å². The van der Waals surface area contributed by atoms with E-state index in [1.807, 2.05) is 0 Å². The normalized spacial score (nSPS) is 32.8. The molecule has 2 aliphatic heterocycles. The number of aryl methyl sites for hydroxylation is 2. The molecule has 194 valence electrons. The second kappa shape index (κ2) is 8.79. The predicted molar refractivity (Wildman–Crippen MR) is 140 cm³/mol. The lowest BCUT2D eigenvalue weighted by atomic mass is 9.75. The number of hydrogen-bond donors (Lipinski definition) is 0. The van der Waals surface area contributed by atoms with Crippen LogP contribution in [-0.2, 0) is 19.4 Å². The van der Waals surface area contributed by atoms with Crippen LogP contribution in [0.25, 0.3) is 11.0 Å². The van der Waals surface area contributed by atoms with Crippen molar-refractivity contribution in [3.8, 4) is 0 Å². The fourth-order valence-corrected chi connectivity index (χ4v) is 5.22. The van der Waals surface area contributed by atoms with E-state index in [0.29, 0.717) is 36.0 Å². The molecule has 0 radical (unpaired) electrons. The Balaban J connectivity index is 1.59. The Labute approximate surface area is 222 Å². The number of fused-ring (bicyclic) bond motifs is 2. The van der Waals surface area contributed by atoms with Crippen LogP contribution in [-0.4, -0.2) is 38.2 Å². The molecule has 0 bridgehead atoms. The highest BCUT2D eigenvalue weighted by Crippen LogP contribution is 2.40. The number of aromatic nitrogens is 3. The van der Waals surface area contributed by atoms with Crippen molar-refractivity contribution in [2.24, 2.45) is 11.3 Å². The Hall–Kier alpha value is -2.54. The zero-order valence-electron chi connectivity index (χ0n) is 29.0. The number of nitrogens with zero attached hydrogens (tertiary/aromatic N) is 4. The summed E-state index contributed by atoms with van der Waals surface area (Å²) < 4.78 is 85.3. The third-order valence-corrected chi connectivity index (χ3v) is 7.92. The number of rotatable bonds is 4. The van der Waals surface area contributed by atoms with Gasteiger partial charge in [-0.25, -0.2) is 9.37 Å². The highest BCUT2D eigenvalue weighted by Gasteiger charge is 2.38. The summed E-state index contributed by atoms with van der Waals surface area (Å²) in [4.78, 5) is 19.5. The molecule has 1 aromatic carbocycles. The molecule has 0 spiro atoms. The SMILES string of the molecule is [2H]C1([2H])N(CCc2c(C)nc3n(c2=O)CC(C)(C)C(C)C3)C(C)(C)C([2H])([2H])C([2H])(c2noc3cc(F)cc(C)c23)C1([2H])[2H]. The summed E-state index contributed by atoms with van der Waals surface area (Å²) in [5, 5.41) is 3.94. The first-order valence-corrected chi connectivity index (χ1v) is 12.5. The number of hydrogen-bond acceptors (Lipinski definition) is 5. The van der Waals surface area contributed by atoms with Crippen LogP contribution in [0, 0.1) is 31.0 Å². The third kappa shape index (κ3) is 4.29. The summed E-state index contributed by atoms with van der Waals surface area (Å²) in [6, 6.07) is 2.18. The van der Waals surface area contributed by atoms with Crippen molar-refractivity contribution < 1.29 is 18.5 Å². The monoisotopic (exact) mass is 501 g/mol. The van der Waals surface area contributed by atoms with Gasteiger partial charge in [-0.05, 0) is 76.3 Å². The molecule has 0 aliphatic carbocycles. The lowest BCUT2D eigenvalue weighted by Gasteiger charge is -2.45. The van der Waals surface area contributed by atoms with Crippen LogP contribution in [0.1, 0.15) is 91.2 Å². The number of benzene rings is 1. The van der Waals surface area contributed by atoms with Crippen LogP contribution in [0.3, 0.4) is 0 Å². The second-order valence-corrected chi connectivity index (χ2v) is 11.4. The molecule has 1 saturated heterocycles. The summed E-state index contributed by atoms with van der Waals surface area (Å²) in [5.41, 5.74) is -1.52. The van der Waals surface area contributed by atoms with Crippen LogP contribution in [0.2, 0.25) is 0 Å². The minimum atomic E-state index is -3.19. The average Bonchev–Trinajstić information content (AvgIpc) is 3.30.